The number of aromatic nitrogens is 2. The van der Waals surface area contributed by atoms with Crippen molar-refractivity contribution >= 4 is 11.6 Å². The molecule has 0 saturated carbocycles. The van der Waals surface area contributed by atoms with E-state index < -0.39 is 0 Å². The van der Waals surface area contributed by atoms with Crippen LogP contribution in [0.25, 0.3) is 0 Å². The van der Waals surface area contributed by atoms with Gasteiger partial charge < -0.3 is 4.74 Å². The SMILES string of the molecule is Cc1cccc(Oc2ncc(CCl)c(C)n2)c1. The fourth-order valence-electron chi connectivity index (χ4n) is 1.44. The molecule has 0 atom stereocenters. The van der Waals surface area contributed by atoms with E-state index in [2.05, 4.69) is 9.97 Å². The van der Waals surface area contributed by atoms with Crippen LogP contribution in [0.15, 0.2) is 30.5 Å². The number of rotatable bonds is 3. The third-order valence-electron chi connectivity index (χ3n) is 2.40. The number of hydrogen-bond acceptors (Lipinski definition) is 3. The molecule has 0 bridgehead atoms. The Morgan fingerprint density at radius 3 is 2.76 bits per heavy atom. The molecular formula is C13H13ClN2O. The summed E-state index contributed by atoms with van der Waals surface area (Å²) in [5.74, 6) is 1.15. The highest BCUT2D eigenvalue weighted by Crippen LogP contribution is 2.19. The fourth-order valence-corrected chi connectivity index (χ4v) is 1.70. The second-order valence-corrected chi connectivity index (χ2v) is 4.08. The minimum absolute atomic E-state index is 0.349. The monoisotopic (exact) mass is 248 g/mol. The van der Waals surface area contributed by atoms with Crippen molar-refractivity contribution in [3.05, 3.63) is 47.3 Å². The van der Waals surface area contributed by atoms with Crippen molar-refractivity contribution in [1.82, 2.24) is 9.97 Å². The van der Waals surface area contributed by atoms with Crippen molar-refractivity contribution < 1.29 is 4.74 Å². The van der Waals surface area contributed by atoms with E-state index in [-0.39, 0.29) is 0 Å². The molecule has 0 spiro atoms. The average Bonchev–Trinajstić information content (AvgIpc) is 2.29. The highest BCUT2D eigenvalue weighted by Gasteiger charge is 2.04. The smallest absolute Gasteiger partial charge is 0.322 e. The van der Waals surface area contributed by atoms with E-state index in [1.807, 2.05) is 38.1 Å². The van der Waals surface area contributed by atoms with Crippen molar-refractivity contribution in [3.8, 4) is 11.8 Å². The van der Waals surface area contributed by atoms with Crippen LogP contribution >= 0.6 is 11.6 Å². The normalized spacial score (nSPS) is 10.3. The number of halogens is 1. The number of ether oxygens (including phenoxy) is 1. The van der Waals surface area contributed by atoms with E-state index in [0.717, 1.165) is 22.6 Å². The summed E-state index contributed by atoms with van der Waals surface area (Å²) >= 11 is 5.74. The van der Waals surface area contributed by atoms with E-state index in [9.17, 15) is 0 Å². The predicted molar refractivity (Wildman–Crippen MR) is 67.6 cm³/mol. The van der Waals surface area contributed by atoms with Crippen LogP contribution in [0.2, 0.25) is 0 Å². The van der Waals surface area contributed by atoms with Gasteiger partial charge in [-0.3, -0.25) is 0 Å². The molecule has 0 fully saturated rings. The Hall–Kier alpha value is -1.61. The van der Waals surface area contributed by atoms with Crippen LogP contribution in [0.3, 0.4) is 0 Å². The maximum Gasteiger partial charge on any atom is 0.322 e. The number of aryl methyl sites for hydroxylation is 2. The molecule has 0 aliphatic rings. The number of benzene rings is 1. The van der Waals surface area contributed by atoms with Gasteiger partial charge in [-0.1, -0.05) is 12.1 Å². The van der Waals surface area contributed by atoms with E-state index >= 15 is 0 Å². The Morgan fingerprint density at radius 1 is 1.29 bits per heavy atom. The van der Waals surface area contributed by atoms with Crippen LogP contribution in [0.1, 0.15) is 16.8 Å². The molecule has 2 rings (SSSR count). The molecule has 0 saturated heterocycles. The Kier molecular flexibility index (Phi) is 3.59. The average molecular weight is 249 g/mol. The maximum atomic E-state index is 5.74. The number of nitrogens with zero attached hydrogens (tertiary/aromatic N) is 2. The largest absolute Gasteiger partial charge is 0.424 e. The quantitative estimate of drug-likeness (QED) is 0.778. The Labute approximate surface area is 105 Å². The Balaban J connectivity index is 2.22. The topological polar surface area (TPSA) is 35.0 Å². The maximum absolute atomic E-state index is 5.74. The minimum Gasteiger partial charge on any atom is -0.424 e. The molecule has 2 aromatic rings. The van der Waals surface area contributed by atoms with Gasteiger partial charge in [0.15, 0.2) is 0 Å². The van der Waals surface area contributed by atoms with E-state index in [1.165, 1.54) is 0 Å². The van der Waals surface area contributed by atoms with Gasteiger partial charge in [0.25, 0.3) is 0 Å². The molecule has 1 aromatic carbocycles. The first kappa shape index (κ1) is 11.9. The molecule has 1 heterocycles. The number of alkyl halides is 1. The van der Waals surface area contributed by atoms with Gasteiger partial charge in [-0.05, 0) is 31.5 Å². The molecule has 17 heavy (non-hydrogen) atoms. The molecular weight excluding hydrogens is 236 g/mol. The molecule has 1 aromatic heterocycles. The molecule has 0 radical (unpaired) electrons. The lowest BCUT2D eigenvalue weighted by molar-refractivity contribution is 0.439. The molecule has 0 N–H and O–H groups in total. The van der Waals surface area contributed by atoms with Gasteiger partial charge in [-0.15, -0.1) is 11.6 Å². The van der Waals surface area contributed by atoms with Gasteiger partial charge in [0.2, 0.25) is 0 Å². The van der Waals surface area contributed by atoms with Crippen LogP contribution in [-0.4, -0.2) is 9.97 Å². The van der Waals surface area contributed by atoms with Gasteiger partial charge in [0, 0.05) is 17.5 Å². The summed E-state index contributed by atoms with van der Waals surface area (Å²) in [6.45, 7) is 3.90. The molecule has 0 aliphatic heterocycles. The van der Waals surface area contributed by atoms with Crippen molar-refractivity contribution in [2.24, 2.45) is 0 Å². The van der Waals surface area contributed by atoms with Gasteiger partial charge >= 0.3 is 6.01 Å². The summed E-state index contributed by atoms with van der Waals surface area (Å²) in [5, 5.41) is 0. The Bertz CT molecular complexity index is 529. The fraction of sp³-hybridized carbons (Fsp3) is 0.231. The Morgan fingerprint density at radius 2 is 2.12 bits per heavy atom. The van der Waals surface area contributed by atoms with Gasteiger partial charge in [0.1, 0.15) is 5.75 Å². The highest BCUT2D eigenvalue weighted by molar-refractivity contribution is 6.17. The second kappa shape index (κ2) is 5.15. The van der Waals surface area contributed by atoms with Crippen LogP contribution in [0, 0.1) is 13.8 Å². The van der Waals surface area contributed by atoms with Crippen LogP contribution < -0.4 is 4.74 Å². The standard InChI is InChI=1S/C13H13ClN2O/c1-9-4-3-5-12(6-9)17-13-15-8-11(7-14)10(2)16-13/h3-6,8H,7H2,1-2H3. The molecule has 4 heteroatoms. The van der Waals surface area contributed by atoms with Crippen molar-refractivity contribution in [2.45, 2.75) is 19.7 Å². The molecule has 0 aliphatic carbocycles. The van der Waals surface area contributed by atoms with E-state index in [1.54, 1.807) is 6.20 Å². The van der Waals surface area contributed by atoms with Crippen LogP contribution in [0.5, 0.6) is 11.8 Å². The van der Waals surface area contributed by atoms with E-state index in [4.69, 9.17) is 16.3 Å². The van der Waals surface area contributed by atoms with Crippen LogP contribution in [-0.2, 0) is 5.88 Å². The lowest BCUT2D eigenvalue weighted by Crippen LogP contribution is -1.97. The van der Waals surface area contributed by atoms with Gasteiger partial charge in [0.05, 0.1) is 5.88 Å². The first-order valence-electron chi connectivity index (χ1n) is 5.32. The van der Waals surface area contributed by atoms with Crippen molar-refractivity contribution in [1.29, 1.82) is 0 Å². The second-order valence-electron chi connectivity index (χ2n) is 3.82. The summed E-state index contributed by atoms with van der Waals surface area (Å²) < 4.78 is 5.57. The zero-order chi connectivity index (χ0) is 12.3. The van der Waals surface area contributed by atoms with Gasteiger partial charge in [-0.25, -0.2) is 4.98 Å². The van der Waals surface area contributed by atoms with Gasteiger partial charge in [-0.2, -0.15) is 4.98 Å². The summed E-state index contributed by atoms with van der Waals surface area (Å²) in [4.78, 5) is 8.37. The van der Waals surface area contributed by atoms with E-state index in [0.29, 0.717) is 11.9 Å². The summed E-state index contributed by atoms with van der Waals surface area (Å²) in [6, 6.07) is 8.11. The minimum atomic E-state index is 0.349. The van der Waals surface area contributed by atoms with Crippen LogP contribution in [0.4, 0.5) is 0 Å². The zero-order valence-corrected chi connectivity index (χ0v) is 10.5. The summed E-state index contributed by atoms with van der Waals surface area (Å²) in [5.41, 5.74) is 2.90. The summed E-state index contributed by atoms with van der Waals surface area (Å²) in [6.07, 6.45) is 1.69. The lowest BCUT2D eigenvalue weighted by Gasteiger charge is -2.06. The third-order valence-corrected chi connectivity index (χ3v) is 2.69. The molecule has 3 nitrogen and oxygen atoms in total. The number of hydrogen-bond donors (Lipinski definition) is 0. The van der Waals surface area contributed by atoms with Crippen molar-refractivity contribution in [2.75, 3.05) is 0 Å². The molecule has 0 unspecified atom stereocenters. The molecule has 0 amide bonds. The first-order valence-corrected chi connectivity index (χ1v) is 5.85. The molecule has 88 valence electrons. The predicted octanol–water partition coefficient (Wildman–Crippen LogP) is 3.62. The zero-order valence-electron chi connectivity index (χ0n) is 9.77. The highest BCUT2D eigenvalue weighted by atomic mass is 35.5. The summed E-state index contributed by atoms with van der Waals surface area (Å²) in [7, 11) is 0. The third kappa shape index (κ3) is 2.94. The first-order chi connectivity index (χ1) is 8.19. The van der Waals surface area contributed by atoms with Crippen molar-refractivity contribution in [3.63, 3.8) is 0 Å². The lowest BCUT2D eigenvalue weighted by atomic mass is 10.2.